The first-order chi connectivity index (χ1) is 2.00. The van der Waals surface area contributed by atoms with Crippen LogP contribution >= 0.6 is 0 Å². The molecule has 0 aromatic rings. The van der Waals surface area contributed by atoms with Crippen molar-refractivity contribution in [3.8, 4) is 0 Å². The van der Waals surface area contributed by atoms with Gasteiger partial charge in [0, 0.05) is 24.4 Å². The topological polar surface area (TPSA) is 54.4 Å². The maximum Gasteiger partial charge on any atom is 0 e. The van der Waals surface area contributed by atoms with Gasteiger partial charge in [0.2, 0.25) is 0 Å². The number of rotatable bonds is 0. The van der Waals surface area contributed by atoms with Crippen LogP contribution in [0.15, 0.2) is 0 Å². The van der Waals surface area contributed by atoms with E-state index in [4.69, 9.17) is 13.0 Å². The molecule has 0 spiro atoms. The van der Waals surface area contributed by atoms with Crippen molar-refractivity contribution in [2.75, 3.05) is 0 Å². The Morgan fingerprint density at radius 3 is 1.50 bits per heavy atom. The molecule has 0 fully saturated rings. The van der Waals surface area contributed by atoms with Gasteiger partial charge in [-0.2, -0.15) is 0 Å². The summed E-state index contributed by atoms with van der Waals surface area (Å²) in [5.74, 6) is 0. The van der Waals surface area contributed by atoms with Gasteiger partial charge in [0.1, 0.15) is 0 Å². The molecule has 0 unspecified atom stereocenters. The Hall–Kier alpha value is 1.25. The summed E-state index contributed by atoms with van der Waals surface area (Å²) >= 11 is 1.51. The fraction of sp³-hybridized carbons (Fsp3) is 0. The van der Waals surface area contributed by atoms with Gasteiger partial charge < -0.3 is 0 Å². The van der Waals surface area contributed by atoms with Crippen molar-refractivity contribution in [2.24, 2.45) is 0 Å². The molecule has 6 heavy (non-hydrogen) atoms. The van der Waals surface area contributed by atoms with Crippen molar-refractivity contribution >= 4 is 47.9 Å². The Balaban J connectivity index is 0. The molecule has 0 saturated heterocycles. The zero-order chi connectivity index (χ0) is 4.50. The second kappa shape index (κ2) is 3.28. The molecule has 36 valence electrons. The molecular formula is HO3SSbSe. The molecule has 1 N–H and O–H groups in total. The van der Waals surface area contributed by atoms with Gasteiger partial charge in [-0.15, -0.1) is 0 Å². The van der Waals surface area contributed by atoms with Gasteiger partial charge in [-0.05, 0) is 0 Å². The van der Waals surface area contributed by atoms with E-state index in [1.807, 2.05) is 0 Å². The zero-order valence-electron chi connectivity index (χ0n) is 2.53. The molecule has 0 aliphatic rings. The molecule has 0 amide bonds. The summed E-state index contributed by atoms with van der Waals surface area (Å²) in [7, 11) is -3.79. The summed E-state index contributed by atoms with van der Waals surface area (Å²) < 4.78 is 25.7. The number of hydrogen-bond acceptors (Lipinski definition) is 2. The normalized spacial score (nSPS) is 9.67. The number of hydrogen-bond donors (Lipinski definition) is 1. The molecular weight excluding hydrogens is 281 g/mol. The third kappa shape index (κ3) is 60.8. The molecule has 0 heterocycles. The van der Waals surface area contributed by atoms with Crippen LogP contribution in [0.1, 0.15) is 0 Å². The Morgan fingerprint density at radius 1 is 1.50 bits per heavy atom. The molecule has 0 aliphatic heterocycles. The summed E-state index contributed by atoms with van der Waals surface area (Å²) in [5, 5.41) is 0. The molecule has 0 aromatic carbocycles. The minimum Gasteiger partial charge on any atom is 0 e. The quantitative estimate of drug-likeness (QED) is 0.438. The van der Waals surface area contributed by atoms with Gasteiger partial charge >= 0.3 is 36.4 Å². The second-order valence-electron chi connectivity index (χ2n) is 0.428. The van der Waals surface area contributed by atoms with Crippen molar-refractivity contribution in [1.29, 1.82) is 0 Å². The first-order valence-electron chi connectivity index (χ1n) is 0.683. The zero-order valence-corrected chi connectivity index (χ0v) is 7.61. The fourth-order valence-corrected chi connectivity index (χ4v) is 0. The van der Waals surface area contributed by atoms with Crippen LogP contribution in [0.4, 0.5) is 0 Å². The minimum atomic E-state index is -3.79. The van der Waals surface area contributed by atoms with E-state index in [1.165, 1.54) is 14.9 Å². The summed E-state index contributed by atoms with van der Waals surface area (Å²) in [6.07, 6.45) is 0. The molecule has 0 atom stereocenters. The third-order valence-corrected chi connectivity index (χ3v) is 0. The monoisotopic (exact) mass is 282 g/mol. The van der Waals surface area contributed by atoms with E-state index in [-0.39, 0.29) is 24.4 Å². The first-order valence-corrected chi connectivity index (χ1v) is 4.15. The maximum atomic E-state index is 9.13. The van der Waals surface area contributed by atoms with Crippen molar-refractivity contribution < 1.29 is 13.0 Å². The van der Waals surface area contributed by atoms with E-state index in [9.17, 15) is 0 Å². The van der Waals surface area contributed by atoms with E-state index < -0.39 is 8.54 Å². The smallest absolute Gasteiger partial charge is 0 e. The molecule has 0 aliphatic carbocycles. The molecule has 0 aromatic heterocycles. The summed E-state index contributed by atoms with van der Waals surface area (Å²) in [4.78, 5) is 0. The van der Waals surface area contributed by atoms with Crippen LogP contribution < -0.4 is 0 Å². The van der Waals surface area contributed by atoms with E-state index in [2.05, 4.69) is 0 Å². The van der Waals surface area contributed by atoms with Crippen molar-refractivity contribution in [3.63, 3.8) is 0 Å². The molecule has 3 nitrogen and oxygen atoms in total. The van der Waals surface area contributed by atoms with E-state index in [0.29, 0.717) is 0 Å². The Morgan fingerprint density at radius 2 is 1.50 bits per heavy atom. The van der Waals surface area contributed by atoms with Gasteiger partial charge in [0.15, 0.2) is 0 Å². The Labute approximate surface area is 60.6 Å². The van der Waals surface area contributed by atoms with Crippen LogP contribution in [0.2, 0.25) is 0 Å². The van der Waals surface area contributed by atoms with Crippen LogP contribution in [0.5, 0.6) is 0 Å². The minimum absolute atomic E-state index is 0. The van der Waals surface area contributed by atoms with Gasteiger partial charge in [-0.3, -0.25) is 0 Å². The van der Waals surface area contributed by atoms with Crippen molar-refractivity contribution in [3.05, 3.63) is 0 Å². The molecule has 0 bridgehead atoms. The van der Waals surface area contributed by atoms with Gasteiger partial charge in [-0.1, -0.05) is 0 Å². The largest absolute Gasteiger partial charge is 0 e. The average molecular weight is 282 g/mol. The van der Waals surface area contributed by atoms with Crippen LogP contribution in [0.3, 0.4) is 0 Å². The van der Waals surface area contributed by atoms with Crippen molar-refractivity contribution in [1.82, 2.24) is 0 Å². The van der Waals surface area contributed by atoms with Crippen molar-refractivity contribution in [2.45, 2.75) is 0 Å². The third-order valence-electron chi connectivity index (χ3n) is 0. The van der Waals surface area contributed by atoms with Gasteiger partial charge in [-0.25, -0.2) is 0 Å². The summed E-state index contributed by atoms with van der Waals surface area (Å²) in [6.45, 7) is 0. The molecule has 0 saturated carbocycles. The van der Waals surface area contributed by atoms with Crippen LogP contribution in [0, 0.1) is 0 Å². The van der Waals surface area contributed by atoms with Crippen LogP contribution in [-0.4, -0.2) is 52.3 Å². The second-order valence-corrected chi connectivity index (χ2v) is 3.93. The average Bonchev–Trinajstić information content (AvgIpc) is 0.722. The first kappa shape index (κ1) is 10.3. The van der Waals surface area contributed by atoms with E-state index >= 15 is 0 Å². The molecule has 4 radical (unpaired) electrons. The summed E-state index contributed by atoms with van der Waals surface area (Å²) in [6, 6.07) is 0. The predicted octanol–water partition coefficient (Wildman–Crippen LogP) is -1.42. The van der Waals surface area contributed by atoms with Crippen LogP contribution in [-0.2, 0) is 8.54 Å². The van der Waals surface area contributed by atoms with E-state index in [1.54, 1.807) is 0 Å². The molecule has 6 heteroatoms. The Kier molecular flexibility index (Phi) is 5.61. The predicted molar refractivity (Wildman–Crippen MR) is 23.1 cm³/mol. The SMILES string of the molecule is O=S(=O)(O)[Se].[Sb]. The van der Waals surface area contributed by atoms with Gasteiger partial charge in [0.05, 0.1) is 0 Å². The van der Waals surface area contributed by atoms with E-state index in [0.717, 1.165) is 0 Å². The molecule has 0 rings (SSSR count). The fourth-order valence-electron chi connectivity index (χ4n) is 0. The summed E-state index contributed by atoms with van der Waals surface area (Å²) in [5.41, 5.74) is 0. The maximum absolute atomic E-state index is 9.13. The van der Waals surface area contributed by atoms with Gasteiger partial charge in [0.25, 0.3) is 0 Å². The standard InChI is InChI=1S/HO3SSe.Sb/c1-4(2,3)5;/h(H,1,2,3);. The Bertz CT molecular complexity index is 94.0. The van der Waals surface area contributed by atoms with Crippen LogP contribution in [0.25, 0.3) is 0 Å².